The van der Waals surface area contributed by atoms with Crippen LogP contribution in [0.4, 0.5) is 5.69 Å². The van der Waals surface area contributed by atoms with E-state index in [1.165, 1.54) is 28.4 Å². The summed E-state index contributed by atoms with van der Waals surface area (Å²) in [5.41, 5.74) is 2.96. The molecule has 0 saturated carbocycles. The topological polar surface area (TPSA) is 23.6 Å². The Morgan fingerprint density at radius 1 is 1.00 bits per heavy atom. The molecule has 1 aliphatic carbocycles. The Bertz CT molecular complexity index is 794. The van der Waals surface area contributed by atoms with Gasteiger partial charge in [-0.25, -0.2) is 0 Å². The van der Waals surface area contributed by atoms with Crippen LogP contribution in [0.5, 0.6) is 0 Å². The zero-order chi connectivity index (χ0) is 16.2. The van der Waals surface area contributed by atoms with Gasteiger partial charge < -0.3 is 9.80 Å². The summed E-state index contributed by atoms with van der Waals surface area (Å²) in [7, 11) is 2.19. The Kier molecular flexibility index (Phi) is 3.24. The summed E-state index contributed by atoms with van der Waals surface area (Å²) in [6.07, 6.45) is 1.18. The molecule has 1 heterocycles. The van der Waals surface area contributed by atoms with E-state index in [1.807, 2.05) is 26.0 Å². The van der Waals surface area contributed by atoms with E-state index in [0.717, 1.165) is 31.7 Å². The Labute approximate surface area is 137 Å². The monoisotopic (exact) mass is 308 g/mol. The third-order valence-corrected chi connectivity index (χ3v) is 5.56. The second-order valence-electron chi connectivity index (χ2n) is 7.46. The SMILES string of the molecule is CN1CCCN(c2ccc3c4c(cccc24)C(=O)C3(C)C)CC1. The van der Waals surface area contributed by atoms with Gasteiger partial charge in [0.05, 0.1) is 5.41 Å². The summed E-state index contributed by atoms with van der Waals surface area (Å²) >= 11 is 0. The molecule has 0 N–H and O–H groups in total. The molecule has 2 aromatic carbocycles. The summed E-state index contributed by atoms with van der Waals surface area (Å²) < 4.78 is 0. The van der Waals surface area contributed by atoms with E-state index >= 15 is 0 Å². The highest BCUT2D eigenvalue weighted by atomic mass is 16.1. The number of ketones is 1. The maximum absolute atomic E-state index is 12.8. The maximum Gasteiger partial charge on any atom is 0.173 e. The predicted molar refractivity (Wildman–Crippen MR) is 95.6 cm³/mol. The number of anilines is 1. The smallest absolute Gasteiger partial charge is 0.173 e. The number of nitrogens with zero attached hydrogens (tertiary/aromatic N) is 2. The van der Waals surface area contributed by atoms with Crippen LogP contribution in [-0.2, 0) is 5.41 Å². The number of hydrogen-bond donors (Lipinski definition) is 0. The maximum atomic E-state index is 12.8. The van der Waals surface area contributed by atoms with Crippen molar-refractivity contribution in [3.63, 3.8) is 0 Å². The second-order valence-corrected chi connectivity index (χ2v) is 7.46. The van der Waals surface area contributed by atoms with Gasteiger partial charge in [-0.2, -0.15) is 0 Å². The summed E-state index contributed by atoms with van der Waals surface area (Å²) in [6.45, 7) is 8.47. The summed E-state index contributed by atoms with van der Waals surface area (Å²) in [5.74, 6) is 0.255. The molecule has 1 fully saturated rings. The molecule has 3 heteroatoms. The van der Waals surface area contributed by atoms with Gasteiger partial charge in [-0.1, -0.05) is 24.3 Å². The first-order valence-corrected chi connectivity index (χ1v) is 8.54. The van der Waals surface area contributed by atoms with E-state index < -0.39 is 5.41 Å². The van der Waals surface area contributed by atoms with Crippen LogP contribution < -0.4 is 4.90 Å². The minimum absolute atomic E-state index is 0.255. The first-order chi connectivity index (χ1) is 11.0. The van der Waals surface area contributed by atoms with Crippen LogP contribution in [0.15, 0.2) is 30.3 Å². The fraction of sp³-hybridized carbons (Fsp3) is 0.450. The normalized spacial score (nSPS) is 21.0. The van der Waals surface area contributed by atoms with E-state index in [4.69, 9.17) is 0 Å². The first kappa shape index (κ1) is 14.7. The molecule has 1 aliphatic heterocycles. The number of rotatable bonds is 1. The minimum Gasteiger partial charge on any atom is -0.370 e. The van der Waals surface area contributed by atoms with E-state index in [0.29, 0.717) is 0 Å². The molecule has 4 rings (SSSR count). The Morgan fingerprint density at radius 3 is 2.65 bits per heavy atom. The molecular weight excluding hydrogens is 284 g/mol. The second kappa shape index (κ2) is 5.07. The molecular formula is C20H24N2O. The van der Waals surface area contributed by atoms with Gasteiger partial charge in [0.2, 0.25) is 0 Å². The van der Waals surface area contributed by atoms with Crippen molar-refractivity contribution in [2.45, 2.75) is 25.7 Å². The number of hydrogen-bond acceptors (Lipinski definition) is 3. The fourth-order valence-electron chi connectivity index (χ4n) is 4.12. The van der Waals surface area contributed by atoms with Gasteiger partial charge in [0.25, 0.3) is 0 Å². The molecule has 3 nitrogen and oxygen atoms in total. The van der Waals surface area contributed by atoms with Gasteiger partial charge in [0, 0.05) is 36.3 Å². The third kappa shape index (κ3) is 2.10. The molecule has 0 amide bonds. The van der Waals surface area contributed by atoms with Crippen molar-refractivity contribution in [1.29, 1.82) is 0 Å². The zero-order valence-electron chi connectivity index (χ0n) is 14.2. The quantitative estimate of drug-likeness (QED) is 0.806. The van der Waals surface area contributed by atoms with Crippen LogP contribution in [0, 0.1) is 0 Å². The molecule has 0 atom stereocenters. The van der Waals surface area contributed by atoms with Crippen LogP contribution in [-0.4, -0.2) is 43.9 Å². The highest BCUT2D eigenvalue weighted by molar-refractivity contribution is 6.21. The van der Waals surface area contributed by atoms with Crippen molar-refractivity contribution in [3.05, 3.63) is 41.5 Å². The molecule has 2 aliphatic rings. The average Bonchev–Trinajstić information content (AvgIpc) is 2.70. The standard InChI is InChI=1S/C20H24N2O/c1-20(2)16-8-9-17(22-11-5-10-21(3)12-13-22)14-6-4-7-15(18(14)16)19(20)23/h4,6-9H,5,10-13H2,1-3H3. The molecule has 23 heavy (non-hydrogen) atoms. The van der Waals surface area contributed by atoms with Crippen molar-refractivity contribution < 1.29 is 4.79 Å². The van der Waals surface area contributed by atoms with Crippen molar-refractivity contribution in [1.82, 2.24) is 4.90 Å². The molecule has 0 radical (unpaired) electrons. The van der Waals surface area contributed by atoms with Gasteiger partial charge in [0.1, 0.15) is 0 Å². The lowest BCUT2D eigenvalue weighted by atomic mass is 9.84. The highest BCUT2D eigenvalue weighted by Gasteiger charge is 2.40. The van der Waals surface area contributed by atoms with Crippen LogP contribution in [0.25, 0.3) is 10.8 Å². The Balaban J connectivity index is 1.88. The van der Waals surface area contributed by atoms with Gasteiger partial charge >= 0.3 is 0 Å². The fourth-order valence-corrected chi connectivity index (χ4v) is 4.12. The molecule has 0 unspecified atom stereocenters. The average molecular weight is 308 g/mol. The Hall–Kier alpha value is -1.87. The summed E-state index contributed by atoms with van der Waals surface area (Å²) in [5, 5.41) is 2.42. The van der Waals surface area contributed by atoms with Crippen molar-refractivity contribution in [3.8, 4) is 0 Å². The largest absolute Gasteiger partial charge is 0.370 e. The Morgan fingerprint density at radius 2 is 1.83 bits per heavy atom. The minimum atomic E-state index is -0.403. The highest BCUT2D eigenvalue weighted by Crippen LogP contribution is 2.44. The van der Waals surface area contributed by atoms with E-state index in [9.17, 15) is 4.79 Å². The van der Waals surface area contributed by atoms with E-state index in [1.54, 1.807) is 0 Å². The molecule has 0 bridgehead atoms. The molecule has 120 valence electrons. The van der Waals surface area contributed by atoms with Gasteiger partial charge in [-0.05, 0) is 50.9 Å². The number of carbonyl (C=O) groups is 1. The van der Waals surface area contributed by atoms with Crippen LogP contribution in [0.2, 0.25) is 0 Å². The third-order valence-electron chi connectivity index (χ3n) is 5.56. The summed E-state index contributed by atoms with van der Waals surface area (Å²) in [6, 6.07) is 10.6. The van der Waals surface area contributed by atoms with Gasteiger partial charge in [-0.3, -0.25) is 4.79 Å². The lowest BCUT2D eigenvalue weighted by Gasteiger charge is -2.25. The van der Waals surface area contributed by atoms with Gasteiger partial charge in [-0.15, -0.1) is 0 Å². The number of Topliss-reactive ketones (excluding diaryl/α,β-unsaturated/α-hetero) is 1. The predicted octanol–water partition coefficient (Wildman–Crippen LogP) is 3.46. The van der Waals surface area contributed by atoms with Crippen LogP contribution >= 0.6 is 0 Å². The summed E-state index contributed by atoms with van der Waals surface area (Å²) in [4.78, 5) is 17.6. The molecule has 1 saturated heterocycles. The van der Waals surface area contributed by atoms with E-state index in [-0.39, 0.29) is 5.78 Å². The number of carbonyl (C=O) groups excluding carboxylic acids is 1. The first-order valence-electron chi connectivity index (χ1n) is 8.54. The van der Waals surface area contributed by atoms with Crippen LogP contribution in [0.1, 0.15) is 36.2 Å². The zero-order valence-corrected chi connectivity index (χ0v) is 14.2. The van der Waals surface area contributed by atoms with Crippen molar-refractivity contribution in [2.24, 2.45) is 0 Å². The molecule has 2 aromatic rings. The molecule has 0 aromatic heterocycles. The lowest BCUT2D eigenvalue weighted by molar-refractivity contribution is 0.0920. The van der Waals surface area contributed by atoms with Crippen molar-refractivity contribution >= 4 is 22.2 Å². The van der Waals surface area contributed by atoms with Gasteiger partial charge in [0.15, 0.2) is 5.78 Å². The van der Waals surface area contributed by atoms with Crippen LogP contribution in [0.3, 0.4) is 0 Å². The van der Waals surface area contributed by atoms with E-state index in [2.05, 4.69) is 35.0 Å². The lowest BCUT2D eigenvalue weighted by Crippen LogP contribution is -2.29. The number of likely N-dealkylation sites (N-methyl/N-ethyl adjacent to an activating group) is 1. The number of benzene rings is 2. The molecule has 0 spiro atoms. The van der Waals surface area contributed by atoms with Crippen molar-refractivity contribution in [2.75, 3.05) is 38.1 Å².